The molecule has 32 heavy (non-hydrogen) atoms. The molecule has 8 heteroatoms. The zero-order valence-corrected chi connectivity index (χ0v) is 18.8. The third-order valence-corrected chi connectivity index (χ3v) is 5.73. The summed E-state index contributed by atoms with van der Waals surface area (Å²) in [6.45, 7) is 7.06. The van der Waals surface area contributed by atoms with E-state index in [1.807, 2.05) is 40.1 Å². The zero-order chi connectivity index (χ0) is 22.7. The van der Waals surface area contributed by atoms with Crippen molar-refractivity contribution in [3.8, 4) is 5.75 Å². The summed E-state index contributed by atoms with van der Waals surface area (Å²) < 4.78 is 6.95. The SMILES string of the molecule is COc1ccc(CC(=O)N2CCN(c3nc4ccncc4n(CC(C)C)c3=O)CC2)cc1. The number of amides is 1. The quantitative estimate of drug-likeness (QED) is 0.591. The molecular weight excluding hydrogens is 406 g/mol. The number of hydrogen-bond donors (Lipinski definition) is 0. The molecule has 0 bridgehead atoms. The minimum atomic E-state index is -0.0998. The monoisotopic (exact) mass is 435 g/mol. The first-order valence-corrected chi connectivity index (χ1v) is 11.0. The van der Waals surface area contributed by atoms with Gasteiger partial charge >= 0.3 is 0 Å². The van der Waals surface area contributed by atoms with Gasteiger partial charge in [-0.25, -0.2) is 4.98 Å². The summed E-state index contributed by atoms with van der Waals surface area (Å²) in [6.07, 6.45) is 3.75. The van der Waals surface area contributed by atoms with E-state index in [2.05, 4.69) is 23.8 Å². The molecule has 1 fully saturated rings. The van der Waals surface area contributed by atoms with Crippen molar-refractivity contribution in [1.82, 2.24) is 19.4 Å². The fourth-order valence-electron chi connectivity index (χ4n) is 4.02. The Kier molecular flexibility index (Phi) is 6.39. The lowest BCUT2D eigenvalue weighted by atomic mass is 10.1. The number of piperazine rings is 1. The van der Waals surface area contributed by atoms with Gasteiger partial charge < -0.3 is 19.1 Å². The van der Waals surface area contributed by atoms with Crippen LogP contribution in [-0.2, 0) is 17.8 Å². The van der Waals surface area contributed by atoms with E-state index in [-0.39, 0.29) is 11.5 Å². The van der Waals surface area contributed by atoms with Crippen LogP contribution in [0, 0.1) is 5.92 Å². The topological polar surface area (TPSA) is 80.6 Å². The third-order valence-electron chi connectivity index (χ3n) is 5.73. The first kappa shape index (κ1) is 21.8. The van der Waals surface area contributed by atoms with Crippen LogP contribution in [0.25, 0.3) is 11.0 Å². The molecule has 168 valence electrons. The molecule has 2 aromatic heterocycles. The molecular formula is C24H29N5O3. The van der Waals surface area contributed by atoms with Gasteiger partial charge in [0.2, 0.25) is 5.91 Å². The second-order valence-corrected chi connectivity index (χ2v) is 8.50. The highest BCUT2D eigenvalue weighted by Crippen LogP contribution is 2.17. The van der Waals surface area contributed by atoms with Gasteiger partial charge in [0.15, 0.2) is 5.82 Å². The first-order chi connectivity index (χ1) is 15.5. The number of carbonyl (C=O) groups is 1. The van der Waals surface area contributed by atoms with E-state index < -0.39 is 0 Å². The molecule has 1 aliphatic rings. The Morgan fingerprint density at radius 1 is 1.09 bits per heavy atom. The Balaban J connectivity index is 1.48. The molecule has 3 heterocycles. The second kappa shape index (κ2) is 9.38. The number of carbonyl (C=O) groups excluding carboxylic acids is 1. The van der Waals surface area contributed by atoms with E-state index in [0.29, 0.717) is 50.9 Å². The van der Waals surface area contributed by atoms with Gasteiger partial charge in [-0.1, -0.05) is 26.0 Å². The molecule has 0 aliphatic carbocycles. The number of pyridine rings is 1. The van der Waals surface area contributed by atoms with E-state index >= 15 is 0 Å². The lowest BCUT2D eigenvalue weighted by Gasteiger charge is -2.35. The largest absolute Gasteiger partial charge is 0.497 e. The van der Waals surface area contributed by atoms with Crippen molar-refractivity contribution >= 4 is 22.8 Å². The molecule has 0 unspecified atom stereocenters. The summed E-state index contributed by atoms with van der Waals surface area (Å²) in [5.41, 5.74) is 2.37. The summed E-state index contributed by atoms with van der Waals surface area (Å²) in [5.74, 6) is 1.63. The van der Waals surface area contributed by atoms with Crippen molar-refractivity contribution in [1.29, 1.82) is 0 Å². The number of fused-ring (bicyclic) bond motifs is 1. The number of rotatable bonds is 6. The van der Waals surface area contributed by atoms with Gasteiger partial charge in [0.25, 0.3) is 5.56 Å². The number of benzene rings is 1. The van der Waals surface area contributed by atoms with Crippen molar-refractivity contribution in [3.05, 3.63) is 58.6 Å². The highest BCUT2D eigenvalue weighted by Gasteiger charge is 2.25. The molecule has 3 aromatic rings. The molecule has 1 saturated heterocycles. The van der Waals surface area contributed by atoms with Crippen molar-refractivity contribution in [3.63, 3.8) is 0 Å². The second-order valence-electron chi connectivity index (χ2n) is 8.50. The minimum Gasteiger partial charge on any atom is -0.497 e. The molecule has 0 atom stereocenters. The van der Waals surface area contributed by atoms with Crippen LogP contribution >= 0.6 is 0 Å². The van der Waals surface area contributed by atoms with Crippen LogP contribution in [0.2, 0.25) is 0 Å². The van der Waals surface area contributed by atoms with Crippen LogP contribution in [0.15, 0.2) is 47.5 Å². The van der Waals surface area contributed by atoms with E-state index in [1.54, 1.807) is 24.1 Å². The lowest BCUT2D eigenvalue weighted by molar-refractivity contribution is -0.130. The van der Waals surface area contributed by atoms with Gasteiger partial charge in [-0.15, -0.1) is 0 Å². The number of anilines is 1. The molecule has 4 rings (SSSR count). The van der Waals surface area contributed by atoms with Crippen LogP contribution in [0.1, 0.15) is 19.4 Å². The van der Waals surface area contributed by atoms with Crippen LogP contribution in [-0.4, -0.2) is 58.6 Å². The van der Waals surface area contributed by atoms with Crippen LogP contribution in [0.5, 0.6) is 5.75 Å². The Bertz CT molecular complexity index is 1150. The number of ether oxygens (including phenoxy) is 1. The highest BCUT2D eigenvalue weighted by atomic mass is 16.5. The van der Waals surface area contributed by atoms with E-state index in [0.717, 1.165) is 22.3 Å². The van der Waals surface area contributed by atoms with Crippen LogP contribution in [0.3, 0.4) is 0 Å². The maximum Gasteiger partial charge on any atom is 0.294 e. The van der Waals surface area contributed by atoms with Crippen molar-refractivity contribution < 1.29 is 9.53 Å². The molecule has 0 saturated carbocycles. The maximum atomic E-state index is 13.3. The Morgan fingerprint density at radius 3 is 2.47 bits per heavy atom. The summed E-state index contributed by atoms with van der Waals surface area (Å²) in [6, 6.07) is 9.40. The Morgan fingerprint density at radius 2 is 1.81 bits per heavy atom. The molecule has 1 aliphatic heterocycles. The summed E-state index contributed by atoms with van der Waals surface area (Å²) in [7, 11) is 1.62. The molecule has 0 spiro atoms. The van der Waals surface area contributed by atoms with Crippen molar-refractivity contribution in [2.75, 3.05) is 38.2 Å². The lowest BCUT2D eigenvalue weighted by Crippen LogP contribution is -2.51. The number of aromatic nitrogens is 3. The third kappa shape index (κ3) is 4.59. The predicted molar refractivity (Wildman–Crippen MR) is 124 cm³/mol. The minimum absolute atomic E-state index is 0.0876. The Hall–Kier alpha value is -3.42. The number of hydrogen-bond acceptors (Lipinski definition) is 6. The normalized spacial score (nSPS) is 14.2. The zero-order valence-electron chi connectivity index (χ0n) is 18.8. The molecule has 0 radical (unpaired) electrons. The van der Waals surface area contributed by atoms with E-state index in [9.17, 15) is 9.59 Å². The summed E-state index contributed by atoms with van der Waals surface area (Å²) in [5, 5.41) is 0. The predicted octanol–water partition coefficient (Wildman–Crippen LogP) is 2.35. The fourth-order valence-corrected chi connectivity index (χ4v) is 4.02. The van der Waals surface area contributed by atoms with Crippen LogP contribution < -0.4 is 15.2 Å². The van der Waals surface area contributed by atoms with Gasteiger partial charge in [-0.05, 0) is 29.7 Å². The molecule has 0 N–H and O–H groups in total. The molecule has 1 aromatic carbocycles. The summed E-state index contributed by atoms with van der Waals surface area (Å²) in [4.78, 5) is 38.7. The average molecular weight is 436 g/mol. The van der Waals surface area contributed by atoms with Crippen molar-refractivity contribution in [2.24, 2.45) is 5.92 Å². The summed E-state index contributed by atoms with van der Waals surface area (Å²) >= 11 is 0. The van der Waals surface area contributed by atoms with Gasteiger partial charge in [0.05, 0.1) is 30.8 Å². The Labute approximate surface area is 187 Å². The standard InChI is InChI=1S/C24H29N5O3/c1-17(2)16-29-21-15-25-9-8-20(21)26-23(24(29)31)28-12-10-27(11-13-28)22(30)14-18-4-6-19(32-3)7-5-18/h4-9,15,17H,10-14,16H2,1-3H3. The average Bonchev–Trinajstić information content (AvgIpc) is 2.81. The van der Waals surface area contributed by atoms with Crippen LogP contribution in [0.4, 0.5) is 5.82 Å². The van der Waals surface area contributed by atoms with Gasteiger partial charge in [0, 0.05) is 38.9 Å². The fraction of sp³-hybridized carbons (Fsp3) is 0.417. The van der Waals surface area contributed by atoms with E-state index in [4.69, 9.17) is 4.74 Å². The first-order valence-electron chi connectivity index (χ1n) is 11.0. The maximum absolute atomic E-state index is 13.3. The van der Waals surface area contributed by atoms with Gasteiger partial charge in [-0.2, -0.15) is 0 Å². The number of nitrogens with zero attached hydrogens (tertiary/aromatic N) is 5. The van der Waals surface area contributed by atoms with Gasteiger partial charge in [-0.3, -0.25) is 14.6 Å². The smallest absolute Gasteiger partial charge is 0.294 e. The number of methoxy groups -OCH3 is 1. The highest BCUT2D eigenvalue weighted by molar-refractivity contribution is 5.79. The van der Waals surface area contributed by atoms with E-state index in [1.165, 1.54) is 0 Å². The van der Waals surface area contributed by atoms with Gasteiger partial charge in [0.1, 0.15) is 5.75 Å². The van der Waals surface area contributed by atoms with Crippen molar-refractivity contribution in [2.45, 2.75) is 26.8 Å². The molecule has 8 nitrogen and oxygen atoms in total. The molecule has 1 amide bonds.